The van der Waals surface area contributed by atoms with Gasteiger partial charge in [-0.1, -0.05) is 31.2 Å². The van der Waals surface area contributed by atoms with E-state index in [0.717, 1.165) is 6.42 Å². The number of methoxy groups -OCH3 is 1. The highest BCUT2D eigenvalue weighted by Gasteiger charge is 2.67. The number of carbonyl (C=O) groups excluding carboxylic acids is 2. The molecule has 0 aliphatic carbocycles. The molecule has 4 rings (SSSR count). The molecule has 3 aliphatic rings. The van der Waals surface area contributed by atoms with Crippen molar-refractivity contribution in [2.75, 3.05) is 25.2 Å². The largest absolute Gasteiger partial charge is 0.495 e. The maximum atomic E-state index is 13.2. The molecule has 3 heterocycles. The molecule has 25 heavy (non-hydrogen) atoms. The van der Waals surface area contributed by atoms with Crippen molar-refractivity contribution < 1.29 is 23.8 Å². The zero-order valence-electron chi connectivity index (χ0n) is 14.3. The first kappa shape index (κ1) is 16.1. The smallest absolute Gasteiger partial charge is 0.312 e. The molecule has 2 fully saturated rings. The zero-order chi connectivity index (χ0) is 17.6. The quantitative estimate of drug-likeness (QED) is 0.604. The highest BCUT2D eigenvalue weighted by molar-refractivity contribution is 6.03. The maximum Gasteiger partial charge on any atom is 0.312 e. The van der Waals surface area contributed by atoms with E-state index >= 15 is 0 Å². The standard InChI is InChI=1S/C19H21NO5/c1-3-10-24-18(22)15-14-8-9-19(25-14)11-20(17(21)16(15)19)12-6-4-5-7-13(12)23-2/h4-9,14-16H,3,10-11H2,1-2H3/t14-,15+,16+,19-/m1/s1. The minimum Gasteiger partial charge on any atom is -0.495 e. The normalized spacial score (nSPS) is 32.2. The summed E-state index contributed by atoms with van der Waals surface area (Å²) >= 11 is 0. The van der Waals surface area contributed by atoms with E-state index in [1.165, 1.54) is 0 Å². The predicted octanol–water partition coefficient (Wildman–Crippen LogP) is 1.93. The monoisotopic (exact) mass is 343 g/mol. The molecule has 2 bridgehead atoms. The summed E-state index contributed by atoms with van der Waals surface area (Å²) in [4.78, 5) is 27.4. The Morgan fingerprint density at radius 1 is 1.40 bits per heavy atom. The van der Waals surface area contributed by atoms with Gasteiger partial charge in [0.05, 0.1) is 38.0 Å². The van der Waals surface area contributed by atoms with Crippen molar-refractivity contribution in [1.82, 2.24) is 0 Å². The Balaban J connectivity index is 1.67. The van der Waals surface area contributed by atoms with E-state index in [4.69, 9.17) is 14.2 Å². The summed E-state index contributed by atoms with van der Waals surface area (Å²) in [6.45, 7) is 2.67. The number of amides is 1. The summed E-state index contributed by atoms with van der Waals surface area (Å²) < 4.78 is 16.8. The maximum absolute atomic E-state index is 13.2. The Morgan fingerprint density at radius 3 is 2.96 bits per heavy atom. The molecule has 0 radical (unpaired) electrons. The molecule has 2 saturated heterocycles. The van der Waals surface area contributed by atoms with Crippen LogP contribution >= 0.6 is 0 Å². The van der Waals surface area contributed by atoms with Gasteiger partial charge in [-0.2, -0.15) is 0 Å². The van der Waals surface area contributed by atoms with Crippen molar-refractivity contribution in [3.05, 3.63) is 36.4 Å². The van der Waals surface area contributed by atoms with E-state index in [9.17, 15) is 9.59 Å². The third-order valence-corrected chi connectivity index (χ3v) is 5.20. The molecule has 0 N–H and O–H groups in total. The minimum absolute atomic E-state index is 0.116. The lowest BCUT2D eigenvalue weighted by atomic mass is 9.77. The van der Waals surface area contributed by atoms with E-state index in [0.29, 0.717) is 24.6 Å². The molecule has 6 nitrogen and oxygen atoms in total. The molecule has 1 amide bonds. The number of carbonyl (C=O) groups is 2. The lowest BCUT2D eigenvalue weighted by molar-refractivity contribution is -0.152. The second kappa shape index (κ2) is 5.88. The van der Waals surface area contributed by atoms with Gasteiger partial charge in [-0.3, -0.25) is 9.59 Å². The van der Waals surface area contributed by atoms with Crippen molar-refractivity contribution in [3.63, 3.8) is 0 Å². The van der Waals surface area contributed by atoms with E-state index in [-0.39, 0.29) is 18.0 Å². The van der Waals surface area contributed by atoms with Gasteiger partial charge < -0.3 is 19.1 Å². The number of rotatable bonds is 5. The number of nitrogens with zero attached hydrogens (tertiary/aromatic N) is 1. The van der Waals surface area contributed by atoms with Gasteiger partial charge in [0.2, 0.25) is 5.91 Å². The lowest BCUT2D eigenvalue weighted by Crippen LogP contribution is -2.40. The Morgan fingerprint density at radius 2 is 2.20 bits per heavy atom. The second-order valence-electron chi connectivity index (χ2n) is 6.66. The van der Waals surface area contributed by atoms with E-state index in [1.807, 2.05) is 43.3 Å². The number of hydrogen-bond donors (Lipinski definition) is 0. The summed E-state index contributed by atoms with van der Waals surface area (Å²) in [5, 5.41) is 0. The van der Waals surface area contributed by atoms with Crippen LogP contribution in [-0.4, -0.2) is 43.8 Å². The van der Waals surface area contributed by atoms with Gasteiger partial charge in [-0.05, 0) is 18.6 Å². The van der Waals surface area contributed by atoms with Crippen molar-refractivity contribution in [2.45, 2.75) is 25.0 Å². The summed E-state index contributed by atoms with van der Waals surface area (Å²) in [5.74, 6) is -0.968. The van der Waals surface area contributed by atoms with Gasteiger partial charge in [-0.15, -0.1) is 0 Å². The summed E-state index contributed by atoms with van der Waals surface area (Å²) in [6, 6.07) is 7.37. The molecule has 4 atom stereocenters. The van der Waals surface area contributed by atoms with Crippen molar-refractivity contribution in [1.29, 1.82) is 0 Å². The number of esters is 1. The topological polar surface area (TPSA) is 65.1 Å². The highest BCUT2D eigenvalue weighted by Crippen LogP contribution is 2.53. The Kier molecular flexibility index (Phi) is 3.80. The average molecular weight is 343 g/mol. The molecule has 1 aromatic carbocycles. The van der Waals surface area contributed by atoms with Crippen LogP contribution in [0.4, 0.5) is 5.69 Å². The minimum atomic E-state index is -0.751. The third kappa shape index (κ3) is 2.28. The van der Waals surface area contributed by atoms with Crippen LogP contribution in [0.1, 0.15) is 13.3 Å². The first-order chi connectivity index (χ1) is 12.1. The number of ether oxygens (including phenoxy) is 3. The van der Waals surface area contributed by atoms with Crippen molar-refractivity contribution in [3.8, 4) is 5.75 Å². The van der Waals surface area contributed by atoms with Crippen LogP contribution in [0.5, 0.6) is 5.75 Å². The van der Waals surface area contributed by atoms with Crippen LogP contribution in [-0.2, 0) is 19.1 Å². The average Bonchev–Trinajstić information content (AvgIpc) is 3.28. The SMILES string of the molecule is CCCOC(=O)[C@@H]1[C@H]2C(=O)N(c3ccccc3OC)C[C@]23C=C[C@H]1O3. The third-order valence-electron chi connectivity index (χ3n) is 5.20. The predicted molar refractivity (Wildman–Crippen MR) is 90.3 cm³/mol. The fourth-order valence-corrected chi connectivity index (χ4v) is 4.12. The number of hydrogen-bond acceptors (Lipinski definition) is 5. The molecule has 1 spiro atoms. The van der Waals surface area contributed by atoms with Gasteiger partial charge in [0.15, 0.2) is 0 Å². The first-order valence-corrected chi connectivity index (χ1v) is 8.59. The fourth-order valence-electron chi connectivity index (χ4n) is 4.12. The number of anilines is 1. The van der Waals surface area contributed by atoms with E-state index in [1.54, 1.807) is 12.0 Å². The summed E-state index contributed by atoms with van der Waals surface area (Å²) in [7, 11) is 1.57. The van der Waals surface area contributed by atoms with Crippen molar-refractivity contribution in [2.24, 2.45) is 11.8 Å². The summed E-state index contributed by atoms with van der Waals surface area (Å²) in [5.41, 5.74) is -0.0571. The van der Waals surface area contributed by atoms with Gasteiger partial charge in [0, 0.05) is 0 Å². The molecule has 0 saturated carbocycles. The molecule has 0 aromatic heterocycles. The summed E-state index contributed by atoms with van der Waals surface area (Å²) in [6.07, 6.45) is 4.18. The first-order valence-electron chi connectivity index (χ1n) is 8.59. The number of benzene rings is 1. The van der Waals surface area contributed by atoms with Crippen LogP contribution in [0.15, 0.2) is 36.4 Å². The van der Waals surface area contributed by atoms with Gasteiger partial charge in [0.1, 0.15) is 17.3 Å². The van der Waals surface area contributed by atoms with Gasteiger partial charge in [0.25, 0.3) is 0 Å². The van der Waals surface area contributed by atoms with Crippen LogP contribution in [0.3, 0.4) is 0 Å². The van der Waals surface area contributed by atoms with Crippen LogP contribution < -0.4 is 9.64 Å². The number of fused-ring (bicyclic) bond motifs is 1. The zero-order valence-corrected chi connectivity index (χ0v) is 14.3. The lowest BCUT2D eigenvalue weighted by Gasteiger charge is -2.23. The van der Waals surface area contributed by atoms with E-state index in [2.05, 4.69) is 0 Å². The molecular weight excluding hydrogens is 322 g/mol. The van der Waals surface area contributed by atoms with Crippen LogP contribution in [0, 0.1) is 11.8 Å². The Hall–Kier alpha value is -2.34. The molecular formula is C19H21NO5. The molecule has 0 unspecified atom stereocenters. The molecule has 3 aliphatic heterocycles. The number of para-hydroxylation sites is 2. The Labute approximate surface area is 146 Å². The van der Waals surface area contributed by atoms with E-state index < -0.39 is 17.4 Å². The van der Waals surface area contributed by atoms with Crippen LogP contribution in [0.2, 0.25) is 0 Å². The second-order valence-corrected chi connectivity index (χ2v) is 6.66. The van der Waals surface area contributed by atoms with Crippen LogP contribution in [0.25, 0.3) is 0 Å². The van der Waals surface area contributed by atoms with Gasteiger partial charge in [-0.25, -0.2) is 0 Å². The molecule has 132 valence electrons. The Bertz CT molecular complexity index is 745. The molecule has 6 heteroatoms. The van der Waals surface area contributed by atoms with Crippen molar-refractivity contribution >= 4 is 17.6 Å². The molecule has 1 aromatic rings. The fraction of sp³-hybridized carbons (Fsp3) is 0.474. The highest BCUT2D eigenvalue weighted by atomic mass is 16.6. The van der Waals surface area contributed by atoms with Gasteiger partial charge >= 0.3 is 5.97 Å².